The summed E-state index contributed by atoms with van der Waals surface area (Å²) in [4.78, 5) is 0. The van der Waals surface area contributed by atoms with Crippen molar-refractivity contribution in [2.45, 2.75) is 19.1 Å². The van der Waals surface area contributed by atoms with E-state index in [2.05, 4.69) is 0 Å². The predicted molar refractivity (Wildman–Crippen MR) is 74.8 cm³/mol. The molecule has 0 fully saturated rings. The van der Waals surface area contributed by atoms with E-state index in [-0.39, 0.29) is 16.9 Å². The Labute approximate surface area is 121 Å². The maximum atomic E-state index is 13.4. The van der Waals surface area contributed by atoms with Gasteiger partial charge in [0.1, 0.15) is 23.5 Å². The SMILES string of the molecule is CC(N)C(Oc1ccc(Cl)c(F)c1)c1ccc(F)cc1. The van der Waals surface area contributed by atoms with Gasteiger partial charge in [0.2, 0.25) is 0 Å². The monoisotopic (exact) mass is 297 g/mol. The van der Waals surface area contributed by atoms with Crippen LogP contribution in [0.3, 0.4) is 0 Å². The first kappa shape index (κ1) is 14.8. The molecular weight excluding hydrogens is 284 g/mol. The number of nitrogens with two attached hydrogens (primary N) is 1. The summed E-state index contributed by atoms with van der Waals surface area (Å²) in [6.07, 6.45) is -0.504. The molecule has 0 aliphatic carbocycles. The fourth-order valence-corrected chi connectivity index (χ4v) is 1.95. The molecular formula is C15H14ClF2NO. The van der Waals surface area contributed by atoms with Crippen molar-refractivity contribution in [2.75, 3.05) is 0 Å². The van der Waals surface area contributed by atoms with Crippen molar-refractivity contribution in [1.82, 2.24) is 0 Å². The standard InChI is InChI=1S/C15H14ClF2NO/c1-9(19)15(10-2-4-11(17)5-3-10)20-12-6-7-13(16)14(18)8-12/h2-9,15H,19H2,1H3. The number of benzene rings is 2. The van der Waals surface area contributed by atoms with Crippen molar-refractivity contribution in [3.05, 3.63) is 64.7 Å². The molecule has 20 heavy (non-hydrogen) atoms. The van der Waals surface area contributed by atoms with Crippen LogP contribution in [0.1, 0.15) is 18.6 Å². The highest BCUT2D eigenvalue weighted by Crippen LogP contribution is 2.27. The Kier molecular flexibility index (Phi) is 4.57. The van der Waals surface area contributed by atoms with Gasteiger partial charge < -0.3 is 10.5 Å². The number of hydrogen-bond acceptors (Lipinski definition) is 2. The minimum atomic E-state index is -0.563. The molecule has 0 saturated carbocycles. The quantitative estimate of drug-likeness (QED) is 0.922. The van der Waals surface area contributed by atoms with Crippen LogP contribution < -0.4 is 10.5 Å². The highest BCUT2D eigenvalue weighted by molar-refractivity contribution is 6.30. The second-order valence-corrected chi connectivity index (χ2v) is 4.93. The van der Waals surface area contributed by atoms with Gasteiger partial charge in [-0.05, 0) is 36.8 Å². The van der Waals surface area contributed by atoms with Crippen LogP contribution in [0, 0.1) is 11.6 Å². The van der Waals surface area contributed by atoms with Crippen LogP contribution in [0.15, 0.2) is 42.5 Å². The predicted octanol–water partition coefficient (Wildman–Crippen LogP) is 4.09. The van der Waals surface area contributed by atoms with E-state index in [1.165, 1.54) is 24.3 Å². The van der Waals surface area contributed by atoms with Crippen LogP contribution >= 0.6 is 11.6 Å². The third-order valence-corrected chi connectivity index (χ3v) is 3.14. The number of rotatable bonds is 4. The third-order valence-electron chi connectivity index (χ3n) is 2.83. The first-order valence-corrected chi connectivity index (χ1v) is 6.48. The Hall–Kier alpha value is -1.65. The van der Waals surface area contributed by atoms with Gasteiger partial charge in [-0.15, -0.1) is 0 Å². The van der Waals surface area contributed by atoms with Crippen LogP contribution in [-0.2, 0) is 0 Å². The summed E-state index contributed by atoms with van der Waals surface area (Å²) in [5.41, 5.74) is 6.60. The smallest absolute Gasteiger partial charge is 0.145 e. The molecule has 0 heterocycles. The van der Waals surface area contributed by atoms with Gasteiger partial charge in [0.15, 0.2) is 0 Å². The average molecular weight is 298 g/mol. The Morgan fingerprint density at radius 3 is 2.30 bits per heavy atom. The summed E-state index contributed by atoms with van der Waals surface area (Å²) >= 11 is 5.62. The zero-order valence-corrected chi connectivity index (χ0v) is 11.6. The number of halogens is 3. The van der Waals surface area contributed by atoms with E-state index >= 15 is 0 Å². The maximum absolute atomic E-state index is 13.4. The van der Waals surface area contributed by atoms with Gasteiger partial charge in [-0.25, -0.2) is 8.78 Å². The van der Waals surface area contributed by atoms with Gasteiger partial charge in [0, 0.05) is 12.1 Å². The number of hydrogen-bond donors (Lipinski definition) is 1. The molecule has 0 aliphatic rings. The molecule has 2 atom stereocenters. The van der Waals surface area contributed by atoms with Crippen LogP contribution in [0.4, 0.5) is 8.78 Å². The molecule has 2 nitrogen and oxygen atoms in total. The minimum absolute atomic E-state index is 0.0245. The van der Waals surface area contributed by atoms with E-state index in [1.54, 1.807) is 25.1 Å². The summed E-state index contributed by atoms with van der Waals surface area (Å²) in [5.74, 6) is -0.583. The summed E-state index contributed by atoms with van der Waals surface area (Å²) in [7, 11) is 0. The molecule has 0 spiro atoms. The minimum Gasteiger partial charge on any atom is -0.484 e. The van der Waals surface area contributed by atoms with Crippen LogP contribution in [0.5, 0.6) is 5.75 Å². The van der Waals surface area contributed by atoms with E-state index in [4.69, 9.17) is 22.1 Å². The van der Waals surface area contributed by atoms with E-state index in [1.807, 2.05) is 0 Å². The number of ether oxygens (including phenoxy) is 1. The molecule has 2 unspecified atom stereocenters. The van der Waals surface area contributed by atoms with Gasteiger partial charge in [-0.2, -0.15) is 0 Å². The summed E-state index contributed by atoms with van der Waals surface area (Å²) in [5, 5.41) is 0.0245. The van der Waals surface area contributed by atoms with Gasteiger partial charge in [0.25, 0.3) is 0 Å². The van der Waals surface area contributed by atoms with E-state index in [0.717, 1.165) is 5.56 Å². The molecule has 0 bridgehead atoms. The average Bonchev–Trinajstić information content (AvgIpc) is 2.41. The first-order valence-electron chi connectivity index (χ1n) is 6.10. The lowest BCUT2D eigenvalue weighted by atomic mass is 10.0. The molecule has 2 aromatic carbocycles. The van der Waals surface area contributed by atoms with Crippen molar-refractivity contribution in [3.8, 4) is 5.75 Å². The summed E-state index contributed by atoms with van der Waals surface area (Å²) in [6, 6.07) is 9.66. The molecule has 5 heteroatoms. The topological polar surface area (TPSA) is 35.2 Å². The molecule has 0 aliphatic heterocycles. The Bertz CT molecular complexity index is 587. The molecule has 0 aromatic heterocycles. The van der Waals surface area contributed by atoms with Gasteiger partial charge in [-0.1, -0.05) is 23.7 Å². The maximum Gasteiger partial charge on any atom is 0.145 e. The molecule has 2 rings (SSSR count). The fraction of sp³-hybridized carbons (Fsp3) is 0.200. The second kappa shape index (κ2) is 6.20. The highest BCUT2D eigenvalue weighted by Gasteiger charge is 2.19. The lowest BCUT2D eigenvalue weighted by Crippen LogP contribution is -2.29. The van der Waals surface area contributed by atoms with E-state index < -0.39 is 11.9 Å². The molecule has 0 amide bonds. The molecule has 2 N–H and O–H groups in total. The van der Waals surface area contributed by atoms with Crippen LogP contribution in [0.2, 0.25) is 5.02 Å². The van der Waals surface area contributed by atoms with Crippen molar-refractivity contribution in [3.63, 3.8) is 0 Å². The van der Waals surface area contributed by atoms with Crippen molar-refractivity contribution in [2.24, 2.45) is 5.73 Å². The van der Waals surface area contributed by atoms with E-state index in [0.29, 0.717) is 5.75 Å². The molecule has 2 aromatic rings. The Balaban J connectivity index is 2.25. The van der Waals surface area contributed by atoms with Gasteiger partial charge >= 0.3 is 0 Å². The van der Waals surface area contributed by atoms with Crippen molar-refractivity contribution in [1.29, 1.82) is 0 Å². The Morgan fingerprint density at radius 2 is 1.75 bits per heavy atom. The normalized spacial score (nSPS) is 13.8. The van der Waals surface area contributed by atoms with Crippen molar-refractivity contribution < 1.29 is 13.5 Å². The van der Waals surface area contributed by atoms with Crippen molar-refractivity contribution >= 4 is 11.6 Å². The zero-order chi connectivity index (χ0) is 14.7. The summed E-state index contributed by atoms with van der Waals surface area (Å²) in [6.45, 7) is 1.76. The lowest BCUT2D eigenvalue weighted by molar-refractivity contribution is 0.179. The molecule has 0 radical (unpaired) electrons. The lowest BCUT2D eigenvalue weighted by Gasteiger charge is -2.23. The largest absolute Gasteiger partial charge is 0.484 e. The van der Waals surface area contributed by atoms with Crippen LogP contribution in [0.25, 0.3) is 0 Å². The molecule has 106 valence electrons. The fourth-order valence-electron chi connectivity index (χ4n) is 1.83. The van der Waals surface area contributed by atoms with Gasteiger partial charge in [0.05, 0.1) is 5.02 Å². The zero-order valence-electron chi connectivity index (χ0n) is 10.8. The van der Waals surface area contributed by atoms with Gasteiger partial charge in [-0.3, -0.25) is 0 Å². The Morgan fingerprint density at radius 1 is 1.10 bits per heavy atom. The first-order chi connectivity index (χ1) is 9.47. The molecule has 0 saturated heterocycles. The second-order valence-electron chi connectivity index (χ2n) is 4.53. The van der Waals surface area contributed by atoms with E-state index in [9.17, 15) is 8.78 Å². The highest BCUT2D eigenvalue weighted by atomic mass is 35.5. The third kappa shape index (κ3) is 3.46. The van der Waals surface area contributed by atoms with Crippen LogP contribution in [-0.4, -0.2) is 6.04 Å². The summed E-state index contributed by atoms with van der Waals surface area (Å²) < 4.78 is 32.0.